The largest absolute Gasteiger partial charge is 0.463 e. The summed E-state index contributed by atoms with van der Waals surface area (Å²) in [6.45, 7) is 10.6. The second-order valence-electron chi connectivity index (χ2n) is 11.0. The van der Waals surface area contributed by atoms with Crippen molar-refractivity contribution < 1.29 is 19.1 Å². The van der Waals surface area contributed by atoms with E-state index in [-0.39, 0.29) is 17.5 Å². The van der Waals surface area contributed by atoms with E-state index in [4.69, 9.17) is 9.47 Å². The highest BCUT2D eigenvalue weighted by atomic mass is 16.6. The molecule has 6 heteroatoms. The molecule has 0 aromatic heterocycles. The molecule has 178 valence electrons. The minimum absolute atomic E-state index is 0.112. The summed E-state index contributed by atoms with van der Waals surface area (Å²) in [5.41, 5.74) is 5.24. The highest BCUT2D eigenvalue weighted by Crippen LogP contribution is 2.66. The van der Waals surface area contributed by atoms with E-state index < -0.39 is 6.09 Å². The Hall–Kier alpha value is -1.85. The summed E-state index contributed by atoms with van der Waals surface area (Å²) >= 11 is 0. The number of nitrogens with zero attached hydrogens (tertiary/aromatic N) is 1. The molecule has 0 spiro atoms. The predicted octanol–water partition coefficient (Wildman–Crippen LogP) is 5.62. The Labute approximate surface area is 192 Å². The van der Waals surface area contributed by atoms with E-state index in [1.807, 2.05) is 6.92 Å². The fourth-order valence-corrected chi connectivity index (χ4v) is 8.04. The van der Waals surface area contributed by atoms with E-state index in [9.17, 15) is 9.59 Å². The molecule has 3 fully saturated rings. The molecule has 1 amide bonds. The zero-order valence-electron chi connectivity index (χ0n) is 20.4. The van der Waals surface area contributed by atoms with Crippen LogP contribution in [0.15, 0.2) is 16.8 Å². The number of hydrogen-bond acceptors (Lipinski definition) is 5. The third-order valence-corrected chi connectivity index (χ3v) is 9.51. The number of fused-ring (bicyclic) bond motifs is 5. The zero-order chi connectivity index (χ0) is 23.1. The number of carbonyl (C=O) groups is 2. The van der Waals surface area contributed by atoms with Crippen LogP contribution >= 0.6 is 0 Å². The standard InChI is InChI=1S/C26H40N2O4/c1-6-31-24(30)28-27-16(2)21-9-10-22-20-8-7-18-15-19(32-17(3)29)11-13-25(18,4)23(20)12-14-26(21,22)5/h9,18-20,22-23H,6-8,10-15H2,1-5H3,(H,28,30)/t18-,19?,20?,22?,23?,25-,26+/m0/s1. The number of hydrazone groups is 1. The van der Waals surface area contributed by atoms with Crippen LogP contribution in [0.25, 0.3) is 0 Å². The van der Waals surface area contributed by atoms with E-state index in [0.29, 0.717) is 23.9 Å². The van der Waals surface area contributed by atoms with Crippen molar-refractivity contribution in [2.24, 2.45) is 39.6 Å². The van der Waals surface area contributed by atoms with Crippen LogP contribution < -0.4 is 5.43 Å². The van der Waals surface area contributed by atoms with Gasteiger partial charge in [-0.05, 0) is 105 Å². The molecule has 6 nitrogen and oxygen atoms in total. The maximum atomic E-state index is 11.7. The normalized spacial score (nSPS) is 41.0. The van der Waals surface area contributed by atoms with Crippen LogP contribution in [0.3, 0.4) is 0 Å². The number of ether oxygens (including phenoxy) is 2. The van der Waals surface area contributed by atoms with Crippen molar-refractivity contribution in [2.45, 2.75) is 92.1 Å². The van der Waals surface area contributed by atoms with Gasteiger partial charge in [-0.25, -0.2) is 10.2 Å². The summed E-state index contributed by atoms with van der Waals surface area (Å²) in [4.78, 5) is 23.2. The first-order valence-corrected chi connectivity index (χ1v) is 12.5. The first kappa shape index (κ1) is 23.3. The number of nitrogens with one attached hydrogen (secondary N) is 1. The van der Waals surface area contributed by atoms with Gasteiger partial charge in [-0.15, -0.1) is 0 Å². The van der Waals surface area contributed by atoms with E-state index in [2.05, 4.69) is 30.5 Å². The third-order valence-electron chi connectivity index (χ3n) is 9.51. The highest BCUT2D eigenvalue weighted by molar-refractivity contribution is 6.00. The summed E-state index contributed by atoms with van der Waals surface area (Å²) in [7, 11) is 0. The van der Waals surface area contributed by atoms with Gasteiger partial charge in [0.1, 0.15) is 6.10 Å². The van der Waals surface area contributed by atoms with Crippen molar-refractivity contribution in [1.82, 2.24) is 5.43 Å². The Bertz CT molecular complexity index is 821. The molecule has 4 unspecified atom stereocenters. The van der Waals surface area contributed by atoms with Gasteiger partial charge in [0.25, 0.3) is 0 Å². The molecule has 3 saturated carbocycles. The highest BCUT2D eigenvalue weighted by Gasteiger charge is 2.59. The SMILES string of the molecule is CCOC(=O)NN=C(C)C1=CCC2C3CC[C@H]4CC(OC(C)=O)CC[C@]4(C)C3CC[C@]12C. The Morgan fingerprint density at radius 1 is 1.12 bits per heavy atom. The molecule has 0 saturated heterocycles. The molecule has 32 heavy (non-hydrogen) atoms. The predicted molar refractivity (Wildman–Crippen MR) is 124 cm³/mol. The molecular formula is C26H40N2O4. The number of carbonyl (C=O) groups excluding carboxylic acids is 2. The fourth-order valence-electron chi connectivity index (χ4n) is 8.04. The van der Waals surface area contributed by atoms with Crippen molar-refractivity contribution in [1.29, 1.82) is 0 Å². The Morgan fingerprint density at radius 2 is 1.91 bits per heavy atom. The first-order valence-electron chi connectivity index (χ1n) is 12.5. The summed E-state index contributed by atoms with van der Waals surface area (Å²) in [6.07, 6.45) is 11.3. The van der Waals surface area contributed by atoms with Crippen molar-refractivity contribution in [2.75, 3.05) is 6.61 Å². The lowest BCUT2D eigenvalue weighted by Gasteiger charge is -2.60. The lowest BCUT2D eigenvalue weighted by atomic mass is 9.44. The molecule has 0 aliphatic heterocycles. The average molecular weight is 445 g/mol. The van der Waals surface area contributed by atoms with Gasteiger partial charge in [-0.3, -0.25) is 4.79 Å². The van der Waals surface area contributed by atoms with Crippen LogP contribution in [0.1, 0.15) is 86.0 Å². The maximum Gasteiger partial charge on any atom is 0.427 e. The molecule has 0 bridgehead atoms. The topological polar surface area (TPSA) is 77.0 Å². The average Bonchev–Trinajstić information content (AvgIpc) is 3.09. The van der Waals surface area contributed by atoms with E-state index in [0.717, 1.165) is 36.8 Å². The zero-order valence-corrected chi connectivity index (χ0v) is 20.4. The van der Waals surface area contributed by atoms with Crippen LogP contribution in [0.4, 0.5) is 4.79 Å². The molecule has 1 N–H and O–H groups in total. The Kier molecular flexibility index (Phi) is 6.43. The number of rotatable bonds is 4. The summed E-state index contributed by atoms with van der Waals surface area (Å²) in [5.74, 6) is 2.66. The van der Waals surface area contributed by atoms with Gasteiger partial charge < -0.3 is 9.47 Å². The molecule has 0 aromatic rings. The van der Waals surface area contributed by atoms with Gasteiger partial charge in [-0.2, -0.15) is 5.10 Å². The van der Waals surface area contributed by atoms with Crippen LogP contribution in [-0.4, -0.2) is 30.5 Å². The second-order valence-corrected chi connectivity index (χ2v) is 11.0. The molecule has 4 aliphatic rings. The minimum atomic E-state index is -0.494. The maximum absolute atomic E-state index is 11.7. The number of esters is 1. The second kappa shape index (κ2) is 8.83. The minimum Gasteiger partial charge on any atom is -0.463 e. The smallest absolute Gasteiger partial charge is 0.427 e. The summed E-state index contributed by atoms with van der Waals surface area (Å²) < 4.78 is 10.5. The Balaban J connectivity index is 1.47. The Morgan fingerprint density at radius 3 is 2.62 bits per heavy atom. The molecule has 4 aliphatic carbocycles. The lowest BCUT2D eigenvalue weighted by molar-refractivity contribution is -0.158. The van der Waals surface area contributed by atoms with Crippen molar-refractivity contribution >= 4 is 17.8 Å². The molecule has 7 atom stereocenters. The molecule has 0 aromatic carbocycles. The van der Waals surface area contributed by atoms with Gasteiger partial charge in [0.05, 0.1) is 12.3 Å². The van der Waals surface area contributed by atoms with Gasteiger partial charge in [0, 0.05) is 6.92 Å². The van der Waals surface area contributed by atoms with E-state index in [1.165, 1.54) is 44.6 Å². The van der Waals surface area contributed by atoms with Crippen molar-refractivity contribution in [3.8, 4) is 0 Å². The number of allylic oxidation sites excluding steroid dienone is 2. The van der Waals surface area contributed by atoms with Gasteiger partial charge in [0.2, 0.25) is 0 Å². The first-order chi connectivity index (χ1) is 15.2. The summed E-state index contributed by atoms with van der Waals surface area (Å²) in [5, 5.41) is 4.36. The molecule has 0 heterocycles. The monoisotopic (exact) mass is 444 g/mol. The quantitative estimate of drug-likeness (QED) is 0.347. The van der Waals surface area contributed by atoms with Crippen LogP contribution in [0.2, 0.25) is 0 Å². The molecular weight excluding hydrogens is 404 g/mol. The third kappa shape index (κ3) is 3.99. The van der Waals surface area contributed by atoms with Crippen molar-refractivity contribution in [3.63, 3.8) is 0 Å². The molecule has 0 radical (unpaired) electrons. The number of amides is 1. The van der Waals surface area contributed by atoms with E-state index in [1.54, 1.807) is 6.92 Å². The van der Waals surface area contributed by atoms with Crippen LogP contribution in [-0.2, 0) is 14.3 Å². The lowest BCUT2D eigenvalue weighted by Crippen LogP contribution is -2.54. The van der Waals surface area contributed by atoms with Gasteiger partial charge in [0.15, 0.2) is 0 Å². The number of hydrogen-bond donors (Lipinski definition) is 1. The van der Waals surface area contributed by atoms with Gasteiger partial charge >= 0.3 is 12.1 Å². The molecule has 4 rings (SSSR count). The van der Waals surface area contributed by atoms with E-state index >= 15 is 0 Å². The van der Waals surface area contributed by atoms with Crippen LogP contribution in [0, 0.1) is 34.5 Å². The summed E-state index contributed by atoms with van der Waals surface area (Å²) in [6, 6.07) is 0. The van der Waals surface area contributed by atoms with Crippen molar-refractivity contribution in [3.05, 3.63) is 11.6 Å². The van der Waals surface area contributed by atoms with Gasteiger partial charge in [-0.1, -0.05) is 19.9 Å². The fraction of sp³-hybridized carbons (Fsp3) is 0.808. The van der Waals surface area contributed by atoms with Crippen LogP contribution in [0.5, 0.6) is 0 Å².